The quantitative estimate of drug-likeness (QED) is 0.491. The van der Waals surface area contributed by atoms with Crippen LogP contribution in [0.15, 0.2) is 10.7 Å². The summed E-state index contributed by atoms with van der Waals surface area (Å²) in [6, 6.07) is 0. The molecule has 0 spiro atoms. The number of hydrogen-bond donors (Lipinski definition) is 2. The molecular weight excluding hydrogens is 278 g/mol. The van der Waals surface area contributed by atoms with Crippen molar-refractivity contribution in [3.05, 3.63) is 26.3 Å². The molecule has 0 saturated heterocycles. The van der Waals surface area contributed by atoms with Gasteiger partial charge in [-0.2, -0.15) is 0 Å². The number of pyridine rings is 1. The topological polar surface area (TPSA) is 88.3 Å². The molecule has 1 aromatic rings. The molecule has 0 aromatic carbocycles. The number of hydrogen-bond acceptors (Lipinski definition) is 5. The Labute approximate surface area is 101 Å². The number of halogens is 1. The Bertz CT molecular complexity index is 398. The summed E-state index contributed by atoms with van der Waals surface area (Å²) in [5.74, 6) is 0.552. The van der Waals surface area contributed by atoms with Gasteiger partial charge in [-0.3, -0.25) is 10.1 Å². The van der Waals surface area contributed by atoms with Gasteiger partial charge >= 0.3 is 0 Å². The lowest BCUT2D eigenvalue weighted by Gasteiger charge is -2.08. The van der Waals surface area contributed by atoms with E-state index in [0.29, 0.717) is 28.8 Å². The number of nitrogens with one attached hydrogen (secondary N) is 1. The molecule has 0 bridgehead atoms. The first-order chi connectivity index (χ1) is 7.57. The highest BCUT2D eigenvalue weighted by atomic mass is 79.9. The third-order valence-electron chi connectivity index (χ3n) is 2.06. The van der Waals surface area contributed by atoms with Crippen LogP contribution in [0.5, 0.6) is 0 Å². The third-order valence-corrected chi connectivity index (χ3v) is 3.03. The first kappa shape index (κ1) is 12.9. The molecule has 0 radical (unpaired) electrons. The molecule has 1 heterocycles. The van der Waals surface area contributed by atoms with Crippen molar-refractivity contribution in [3.63, 3.8) is 0 Å². The summed E-state index contributed by atoms with van der Waals surface area (Å²) in [7, 11) is 0. The molecule has 0 aliphatic rings. The molecule has 0 aliphatic heterocycles. The summed E-state index contributed by atoms with van der Waals surface area (Å²) in [5, 5.41) is 22.2. The van der Waals surface area contributed by atoms with Crippen molar-refractivity contribution in [2.24, 2.45) is 0 Å². The van der Waals surface area contributed by atoms with Gasteiger partial charge in [0.1, 0.15) is 12.0 Å². The normalized spacial score (nSPS) is 10.2. The van der Waals surface area contributed by atoms with Gasteiger partial charge in [-0.15, -0.1) is 0 Å². The fourth-order valence-corrected chi connectivity index (χ4v) is 1.61. The minimum absolute atomic E-state index is 0.0143. The zero-order chi connectivity index (χ0) is 12.1. The number of nitrogens with zero attached hydrogens (tertiary/aromatic N) is 2. The average Bonchev–Trinajstić information content (AvgIpc) is 2.24. The third kappa shape index (κ3) is 2.89. The minimum Gasteiger partial charge on any atom is -0.396 e. The van der Waals surface area contributed by atoms with E-state index in [2.05, 4.69) is 26.2 Å². The summed E-state index contributed by atoms with van der Waals surface area (Å²) in [6.45, 7) is 2.32. The smallest absolute Gasteiger partial charge is 0.291 e. The van der Waals surface area contributed by atoms with Crippen LogP contribution in [0.4, 0.5) is 11.5 Å². The molecule has 6 nitrogen and oxygen atoms in total. The fourth-order valence-electron chi connectivity index (χ4n) is 1.16. The minimum atomic E-state index is -0.468. The second-order valence-corrected chi connectivity index (χ2v) is 3.99. The van der Waals surface area contributed by atoms with Crippen LogP contribution in [0.3, 0.4) is 0 Å². The first-order valence-electron chi connectivity index (χ1n) is 4.72. The van der Waals surface area contributed by atoms with Gasteiger partial charge in [0.15, 0.2) is 0 Å². The molecule has 0 fully saturated rings. The average molecular weight is 290 g/mol. The van der Waals surface area contributed by atoms with E-state index in [9.17, 15) is 10.1 Å². The maximum atomic E-state index is 10.6. The molecule has 1 aromatic heterocycles. The largest absolute Gasteiger partial charge is 0.396 e. The van der Waals surface area contributed by atoms with Crippen LogP contribution in [0.1, 0.15) is 12.0 Å². The van der Waals surface area contributed by atoms with E-state index in [4.69, 9.17) is 5.11 Å². The predicted molar refractivity (Wildman–Crippen MR) is 63.5 cm³/mol. The molecule has 2 N–H and O–H groups in total. The van der Waals surface area contributed by atoms with Crippen LogP contribution in [0.25, 0.3) is 0 Å². The van der Waals surface area contributed by atoms with Crippen LogP contribution >= 0.6 is 15.9 Å². The van der Waals surface area contributed by atoms with Gasteiger partial charge in [0.05, 0.1) is 9.40 Å². The second kappa shape index (κ2) is 5.76. The van der Waals surface area contributed by atoms with Crippen LogP contribution < -0.4 is 5.32 Å². The summed E-state index contributed by atoms with van der Waals surface area (Å²) < 4.78 is 0.583. The summed E-state index contributed by atoms with van der Waals surface area (Å²) >= 11 is 3.26. The lowest BCUT2D eigenvalue weighted by molar-refractivity contribution is -0.385. The molecule has 88 valence electrons. The molecule has 7 heteroatoms. The number of nitro groups is 1. The van der Waals surface area contributed by atoms with Gasteiger partial charge in [-0.05, 0) is 29.3 Å². The Morgan fingerprint density at radius 1 is 1.69 bits per heavy atom. The maximum absolute atomic E-state index is 10.6. The van der Waals surface area contributed by atoms with Crippen molar-refractivity contribution in [3.8, 4) is 0 Å². The number of anilines is 1. The Hall–Kier alpha value is -1.21. The molecule has 1 rings (SSSR count). The van der Waals surface area contributed by atoms with E-state index in [1.807, 2.05) is 0 Å². The van der Waals surface area contributed by atoms with Crippen molar-refractivity contribution in [2.45, 2.75) is 13.3 Å². The highest BCUT2D eigenvalue weighted by Gasteiger charge is 2.16. The first-order valence-corrected chi connectivity index (χ1v) is 5.51. The van der Waals surface area contributed by atoms with Gasteiger partial charge in [0, 0.05) is 18.7 Å². The van der Waals surface area contributed by atoms with Crippen LogP contribution in [-0.4, -0.2) is 28.2 Å². The van der Waals surface area contributed by atoms with Gasteiger partial charge in [-0.1, -0.05) is 0 Å². The number of rotatable bonds is 5. The van der Waals surface area contributed by atoms with Crippen molar-refractivity contribution in [1.82, 2.24) is 4.98 Å². The predicted octanol–water partition coefficient (Wildman–Crippen LogP) is 1.86. The molecular formula is C9H12BrN3O3. The monoisotopic (exact) mass is 289 g/mol. The fraction of sp³-hybridized carbons (Fsp3) is 0.444. The van der Waals surface area contributed by atoms with E-state index in [-0.39, 0.29) is 12.3 Å². The molecule has 0 saturated carbocycles. The zero-order valence-corrected chi connectivity index (χ0v) is 10.3. The number of aliphatic hydroxyl groups is 1. The van der Waals surface area contributed by atoms with Crippen molar-refractivity contribution >= 4 is 27.4 Å². The molecule has 0 amide bonds. The highest BCUT2D eigenvalue weighted by molar-refractivity contribution is 9.10. The second-order valence-electron chi connectivity index (χ2n) is 3.19. The van der Waals surface area contributed by atoms with Crippen LogP contribution in [0, 0.1) is 17.0 Å². The number of aliphatic hydroxyl groups excluding tert-OH is 1. The van der Waals surface area contributed by atoms with E-state index in [1.165, 1.54) is 6.20 Å². The molecule has 16 heavy (non-hydrogen) atoms. The van der Waals surface area contributed by atoms with Gasteiger partial charge in [-0.25, -0.2) is 4.98 Å². The Morgan fingerprint density at radius 2 is 2.38 bits per heavy atom. The number of aromatic nitrogens is 1. The lowest BCUT2D eigenvalue weighted by Crippen LogP contribution is -2.07. The summed E-state index contributed by atoms with van der Waals surface area (Å²) in [4.78, 5) is 14.1. The van der Waals surface area contributed by atoms with E-state index < -0.39 is 4.92 Å². The zero-order valence-electron chi connectivity index (χ0n) is 8.73. The van der Waals surface area contributed by atoms with Crippen molar-refractivity contribution < 1.29 is 10.0 Å². The standard InChI is InChI=1S/C9H12BrN3O3/c1-6-7(13(15)16)5-12-9(8(6)10)11-3-2-4-14/h5,14H,2-4H2,1H3,(H,11,12). The van der Waals surface area contributed by atoms with Crippen LogP contribution in [-0.2, 0) is 0 Å². The van der Waals surface area contributed by atoms with E-state index in [1.54, 1.807) is 6.92 Å². The Kier molecular flexibility index (Phi) is 4.63. The Morgan fingerprint density at radius 3 is 2.94 bits per heavy atom. The van der Waals surface area contributed by atoms with E-state index >= 15 is 0 Å². The highest BCUT2D eigenvalue weighted by Crippen LogP contribution is 2.30. The summed E-state index contributed by atoms with van der Waals surface area (Å²) in [5.41, 5.74) is 0.520. The van der Waals surface area contributed by atoms with Crippen molar-refractivity contribution in [2.75, 3.05) is 18.5 Å². The molecule has 0 unspecified atom stereocenters. The summed E-state index contributed by atoms with van der Waals surface area (Å²) in [6.07, 6.45) is 1.82. The Balaban J connectivity index is 2.89. The molecule has 0 atom stereocenters. The maximum Gasteiger partial charge on any atom is 0.291 e. The van der Waals surface area contributed by atoms with Crippen LogP contribution in [0.2, 0.25) is 0 Å². The van der Waals surface area contributed by atoms with Gasteiger partial charge in [0.25, 0.3) is 5.69 Å². The van der Waals surface area contributed by atoms with Gasteiger partial charge < -0.3 is 10.4 Å². The SMILES string of the molecule is Cc1c([N+](=O)[O-])cnc(NCCCO)c1Br. The molecule has 0 aliphatic carbocycles. The van der Waals surface area contributed by atoms with Crippen molar-refractivity contribution in [1.29, 1.82) is 0 Å². The van der Waals surface area contributed by atoms with Gasteiger partial charge in [0.2, 0.25) is 0 Å². The lowest BCUT2D eigenvalue weighted by atomic mass is 10.2. The van der Waals surface area contributed by atoms with E-state index in [0.717, 1.165) is 0 Å².